The average molecular weight is 232 g/mol. The molecule has 0 aliphatic carbocycles. The van der Waals surface area contributed by atoms with Gasteiger partial charge in [0, 0.05) is 13.0 Å². The Bertz CT molecular complexity index is 369. The fraction of sp³-hybridized carbons (Fsp3) is 0.250. The maximum absolute atomic E-state index is 11.1. The minimum absolute atomic E-state index is 0.0948. The Morgan fingerprint density at radius 3 is 2.71 bits per heavy atom. The van der Waals surface area contributed by atoms with Crippen molar-refractivity contribution in [3.05, 3.63) is 10.9 Å². The maximum atomic E-state index is 11.1. The Hall–Kier alpha value is -1.01. The van der Waals surface area contributed by atoms with E-state index in [2.05, 4.69) is 4.74 Å². The summed E-state index contributed by atoms with van der Waals surface area (Å²) in [5.74, 6) is -0.742. The van der Waals surface area contributed by atoms with Gasteiger partial charge in [-0.1, -0.05) is 0 Å². The Balaban J connectivity index is 2.93. The molecule has 0 fully saturated rings. The lowest BCUT2D eigenvalue weighted by Crippen LogP contribution is -1.97. The second-order valence-corrected chi connectivity index (χ2v) is 4.89. The van der Waals surface area contributed by atoms with Crippen molar-refractivity contribution in [1.82, 2.24) is 0 Å². The molecule has 0 aliphatic rings. The van der Waals surface area contributed by atoms with Gasteiger partial charge in [0.05, 0.1) is 11.3 Å². The molecule has 14 heavy (non-hydrogen) atoms. The molecule has 0 aliphatic heterocycles. The van der Waals surface area contributed by atoms with Crippen LogP contribution in [0.25, 0.3) is 0 Å². The largest absolute Gasteiger partial charge is 0.506 e. The van der Waals surface area contributed by atoms with Gasteiger partial charge >= 0.3 is 5.97 Å². The number of rotatable bonds is 2. The molecule has 6 heteroatoms. The molecule has 0 spiro atoms. The van der Waals surface area contributed by atoms with E-state index in [1.54, 1.807) is 0 Å². The van der Waals surface area contributed by atoms with E-state index in [0.717, 1.165) is 23.1 Å². The van der Waals surface area contributed by atoms with Gasteiger partial charge in [-0.25, -0.2) is 4.79 Å². The second kappa shape index (κ2) is 4.47. The zero-order chi connectivity index (χ0) is 10.7. The van der Waals surface area contributed by atoms with Crippen LogP contribution < -0.4 is 0 Å². The summed E-state index contributed by atoms with van der Waals surface area (Å²) in [5, 5.41) is 9.24. The van der Waals surface area contributed by atoms with Crippen LogP contribution in [0.2, 0.25) is 0 Å². The van der Waals surface area contributed by atoms with Crippen molar-refractivity contribution >= 4 is 34.2 Å². The Kier molecular flexibility index (Phi) is 3.54. The first kappa shape index (κ1) is 11.1. The summed E-state index contributed by atoms with van der Waals surface area (Å²) < 4.78 is 5.03. The van der Waals surface area contributed by atoms with Crippen LogP contribution in [-0.4, -0.2) is 23.3 Å². The summed E-state index contributed by atoms with van der Waals surface area (Å²) in [6.45, 7) is 1.42. The molecule has 0 unspecified atom stereocenters. The van der Waals surface area contributed by atoms with E-state index >= 15 is 0 Å². The zero-order valence-electron chi connectivity index (χ0n) is 7.57. The highest BCUT2D eigenvalue weighted by Gasteiger charge is 2.17. The molecule has 4 nitrogen and oxygen atoms in total. The van der Waals surface area contributed by atoms with Crippen molar-refractivity contribution in [2.45, 2.75) is 11.1 Å². The van der Waals surface area contributed by atoms with Crippen LogP contribution >= 0.6 is 23.1 Å². The number of thiophene rings is 1. The van der Waals surface area contributed by atoms with Gasteiger partial charge in [0.2, 0.25) is 0 Å². The molecule has 1 aromatic heterocycles. The van der Waals surface area contributed by atoms with Gasteiger partial charge < -0.3 is 9.84 Å². The summed E-state index contributed by atoms with van der Waals surface area (Å²) in [7, 11) is 1.24. The minimum Gasteiger partial charge on any atom is -0.506 e. The van der Waals surface area contributed by atoms with E-state index < -0.39 is 5.97 Å². The van der Waals surface area contributed by atoms with Crippen molar-refractivity contribution in [2.24, 2.45) is 0 Å². The highest BCUT2D eigenvalue weighted by atomic mass is 32.2. The van der Waals surface area contributed by atoms with E-state index in [1.807, 2.05) is 0 Å². The molecule has 1 N–H and O–H groups in total. The third-order valence-electron chi connectivity index (χ3n) is 1.30. The number of ether oxygens (including phenoxy) is 1. The van der Waals surface area contributed by atoms with Gasteiger partial charge in [-0.05, 0) is 11.8 Å². The Labute approximate surface area is 88.9 Å². The van der Waals surface area contributed by atoms with Crippen LogP contribution in [0.4, 0.5) is 0 Å². The number of aromatic hydroxyl groups is 1. The SMILES string of the molecule is COC(=O)c1sc(SC(C)=O)cc1O. The van der Waals surface area contributed by atoms with Crippen LogP contribution in [0.3, 0.4) is 0 Å². The van der Waals surface area contributed by atoms with Crippen LogP contribution in [0.1, 0.15) is 16.6 Å². The standard InChI is InChI=1S/C8H8O4S2/c1-4(9)13-6-3-5(10)7(14-6)8(11)12-2/h3,10H,1-2H3. The first-order chi connectivity index (χ1) is 6.54. The van der Waals surface area contributed by atoms with Crippen LogP contribution in [0.15, 0.2) is 10.3 Å². The predicted molar refractivity (Wildman–Crippen MR) is 53.9 cm³/mol. The monoisotopic (exact) mass is 232 g/mol. The predicted octanol–water partition coefficient (Wildman–Crippen LogP) is 1.88. The summed E-state index contributed by atoms with van der Waals surface area (Å²) in [6.07, 6.45) is 0. The third kappa shape index (κ3) is 2.49. The first-order valence-corrected chi connectivity index (χ1v) is 5.27. The highest BCUT2D eigenvalue weighted by molar-refractivity contribution is 8.15. The van der Waals surface area contributed by atoms with E-state index in [1.165, 1.54) is 20.1 Å². The number of carbonyl (C=O) groups is 2. The summed E-state index contributed by atoms with van der Waals surface area (Å²) in [4.78, 5) is 21.9. The van der Waals surface area contributed by atoms with E-state index in [-0.39, 0.29) is 15.7 Å². The lowest BCUT2D eigenvalue weighted by atomic mass is 10.4. The van der Waals surface area contributed by atoms with Gasteiger partial charge in [0.25, 0.3) is 0 Å². The Morgan fingerprint density at radius 2 is 2.21 bits per heavy atom. The summed E-state index contributed by atoms with van der Waals surface area (Å²) >= 11 is 2.01. The molecular weight excluding hydrogens is 224 g/mol. The van der Waals surface area contributed by atoms with E-state index in [4.69, 9.17) is 0 Å². The third-order valence-corrected chi connectivity index (χ3v) is 3.31. The second-order valence-electron chi connectivity index (χ2n) is 2.37. The van der Waals surface area contributed by atoms with Crippen molar-refractivity contribution in [3.8, 4) is 5.75 Å². The molecule has 0 aromatic carbocycles. The normalized spacial score (nSPS) is 9.86. The molecule has 0 saturated heterocycles. The van der Waals surface area contributed by atoms with Gasteiger partial charge in [0.1, 0.15) is 5.75 Å². The summed E-state index contributed by atoms with van der Waals surface area (Å²) in [5.41, 5.74) is 0. The molecule has 0 bridgehead atoms. The smallest absolute Gasteiger partial charge is 0.351 e. The number of hydrogen-bond acceptors (Lipinski definition) is 6. The number of thioether (sulfide) groups is 1. The first-order valence-electron chi connectivity index (χ1n) is 3.64. The van der Waals surface area contributed by atoms with Crippen molar-refractivity contribution in [1.29, 1.82) is 0 Å². The Morgan fingerprint density at radius 1 is 1.57 bits per heavy atom. The number of hydrogen-bond donors (Lipinski definition) is 1. The van der Waals surface area contributed by atoms with E-state index in [0.29, 0.717) is 4.21 Å². The number of methoxy groups -OCH3 is 1. The molecule has 1 aromatic rings. The van der Waals surface area contributed by atoms with Gasteiger partial charge in [-0.3, -0.25) is 4.79 Å². The number of esters is 1. The van der Waals surface area contributed by atoms with Gasteiger partial charge in [-0.2, -0.15) is 0 Å². The fourth-order valence-electron chi connectivity index (χ4n) is 0.790. The molecule has 1 rings (SSSR count). The van der Waals surface area contributed by atoms with Crippen LogP contribution in [0, 0.1) is 0 Å². The van der Waals surface area contributed by atoms with Gasteiger partial charge in [-0.15, -0.1) is 11.3 Å². The molecular formula is C8H8O4S2. The van der Waals surface area contributed by atoms with Crippen molar-refractivity contribution in [3.63, 3.8) is 0 Å². The van der Waals surface area contributed by atoms with Crippen LogP contribution in [0.5, 0.6) is 5.75 Å². The van der Waals surface area contributed by atoms with Gasteiger partial charge in [0.15, 0.2) is 9.99 Å². The molecule has 0 amide bonds. The number of carbonyl (C=O) groups excluding carboxylic acids is 2. The molecule has 76 valence electrons. The quantitative estimate of drug-likeness (QED) is 0.623. The van der Waals surface area contributed by atoms with Crippen molar-refractivity contribution < 1.29 is 19.4 Å². The summed E-state index contributed by atoms with van der Waals surface area (Å²) in [6, 6.07) is 1.38. The fourth-order valence-corrected chi connectivity index (χ4v) is 2.71. The van der Waals surface area contributed by atoms with Crippen LogP contribution in [-0.2, 0) is 9.53 Å². The molecule has 0 atom stereocenters. The van der Waals surface area contributed by atoms with E-state index in [9.17, 15) is 14.7 Å². The molecule has 0 radical (unpaired) electrons. The lowest BCUT2D eigenvalue weighted by molar-refractivity contribution is -0.109. The lowest BCUT2D eigenvalue weighted by Gasteiger charge is -1.93. The zero-order valence-corrected chi connectivity index (χ0v) is 9.20. The minimum atomic E-state index is -0.595. The average Bonchev–Trinajstić information content (AvgIpc) is 2.44. The molecule has 0 saturated carbocycles. The highest BCUT2D eigenvalue weighted by Crippen LogP contribution is 2.35. The maximum Gasteiger partial charge on any atom is 0.351 e. The topological polar surface area (TPSA) is 63.6 Å². The molecule has 1 heterocycles. The van der Waals surface area contributed by atoms with Crippen molar-refractivity contribution in [2.75, 3.05) is 7.11 Å².